The summed E-state index contributed by atoms with van der Waals surface area (Å²) in [6.45, 7) is 9.54. The van der Waals surface area contributed by atoms with E-state index in [4.69, 9.17) is 14.2 Å². The molecule has 0 unspecified atom stereocenters. The maximum atomic E-state index is 15.3. The molecule has 1 aromatic carbocycles. The zero-order valence-corrected chi connectivity index (χ0v) is 20.7. The third-order valence-corrected chi connectivity index (χ3v) is 6.08. The predicted octanol–water partition coefficient (Wildman–Crippen LogP) is 4.81. The van der Waals surface area contributed by atoms with Crippen LogP contribution in [-0.4, -0.2) is 46.0 Å². The number of hydrogen-bond donors (Lipinski definition) is 1. The second-order valence-corrected chi connectivity index (χ2v) is 9.69. The summed E-state index contributed by atoms with van der Waals surface area (Å²) >= 11 is 0. The van der Waals surface area contributed by atoms with Gasteiger partial charge in [-0.3, -0.25) is 0 Å². The Morgan fingerprint density at radius 2 is 1.97 bits per heavy atom. The SMILES string of the molecule is COC(=O)[C@@H](OC(C)(C)C)c1c(C)cn2nc(C(=O)O)cc2c1-c1cc(F)c2c(c1C)CCCO2. The smallest absolute Gasteiger partial charge is 0.356 e. The largest absolute Gasteiger partial charge is 0.490 e. The van der Waals surface area contributed by atoms with E-state index in [0.717, 1.165) is 17.5 Å². The Morgan fingerprint density at radius 3 is 2.60 bits per heavy atom. The number of carbonyl (C=O) groups excluding carboxylic acids is 1. The van der Waals surface area contributed by atoms with E-state index in [2.05, 4.69) is 5.10 Å². The number of pyridine rings is 1. The Bertz CT molecular complexity index is 1340. The molecule has 4 rings (SSSR count). The van der Waals surface area contributed by atoms with Crippen LogP contribution in [0.25, 0.3) is 16.6 Å². The number of aromatic carboxylic acids is 1. The molecule has 0 spiro atoms. The maximum absolute atomic E-state index is 15.3. The molecule has 9 heteroatoms. The maximum Gasteiger partial charge on any atom is 0.356 e. The minimum absolute atomic E-state index is 0.173. The van der Waals surface area contributed by atoms with Crippen molar-refractivity contribution >= 4 is 17.5 Å². The van der Waals surface area contributed by atoms with Gasteiger partial charge in [0, 0.05) is 22.9 Å². The summed E-state index contributed by atoms with van der Waals surface area (Å²) in [4.78, 5) is 24.7. The number of halogens is 1. The molecule has 0 saturated carbocycles. The van der Waals surface area contributed by atoms with E-state index >= 15 is 4.39 Å². The average molecular weight is 485 g/mol. The van der Waals surface area contributed by atoms with Crippen LogP contribution in [0.15, 0.2) is 18.3 Å². The summed E-state index contributed by atoms with van der Waals surface area (Å²) in [6.07, 6.45) is 1.89. The Hall–Kier alpha value is -3.46. The molecular weight excluding hydrogens is 455 g/mol. The fraction of sp³-hybridized carbons (Fsp3) is 0.423. The number of aryl methyl sites for hydroxylation is 1. The van der Waals surface area contributed by atoms with E-state index in [0.29, 0.717) is 40.8 Å². The lowest BCUT2D eigenvalue weighted by atomic mass is 9.87. The summed E-state index contributed by atoms with van der Waals surface area (Å²) in [6, 6.07) is 2.79. The molecule has 2 aromatic heterocycles. The number of aromatic nitrogens is 2. The number of rotatable bonds is 5. The van der Waals surface area contributed by atoms with Crippen LogP contribution in [0.3, 0.4) is 0 Å². The molecule has 35 heavy (non-hydrogen) atoms. The molecule has 186 valence electrons. The second-order valence-electron chi connectivity index (χ2n) is 9.69. The van der Waals surface area contributed by atoms with Gasteiger partial charge in [-0.15, -0.1) is 0 Å². The first-order valence-electron chi connectivity index (χ1n) is 11.4. The summed E-state index contributed by atoms with van der Waals surface area (Å²) in [5.41, 5.74) is 3.12. The van der Waals surface area contributed by atoms with Crippen molar-refractivity contribution in [1.29, 1.82) is 0 Å². The molecule has 1 N–H and O–H groups in total. The van der Waals surface area contributed by atoms with Crippen molar-refractivity contribution < 1.29 is 33.3 Å². The monoisotopic (exact) mass is 484 g/mol. The molecule has 3 aromatic rings. The van der Waals surface area contributed by atoms with Gasteiger partial charge in [0.05, 0.1) is 24.8 Å². The van der Waals surface area contributed by atoms with Crippen molar-refractivity contribution in [2.75, 3.05) is 13.7 Å². The van der Waals surface area contributed by atoms with Crippen LogP contribution in [0.1, 0.15) is 66.0 Å². The number of hydrogen-bond acceptors (Lipinski definition) is 6. The highest BCUT2D eigenvalue weighted by atomic mass is 19.1. The van der Waals surface area contributed by atoms with Crippen molar-refractivity contribution in [2.24, 2.45) is 0 Å². The van der Waals surface area contributed by atoms with Gasteiger partial charge in [-0.25, -0.2) is 18.5 Å². The van der Waals surface area contributed by atoms with Crippen LogP contribution in [0.5, 0.6) is 5.75 Å². The molecule has 0 aliphatic carbocycles. The first-order chi connectivity index (χ1) is 16.4. The van der Waals surface area contributed by atoms with E-state index < -0.39 is 29.5 Å². The molecule has 1 aliphatic rings. The van der Waals surface area contributed by atoms with E-state index in [1.165, 1.54) is 23.8 Å². The van der Waals surface area contributed by atoms with Gasteiger partial charge in [-0.1, -0.05) is 0 Å². The molecule has 1 atom stereocenters. The first-order valence-corrected chi connectivity index (χ1v) is 11.4. The minimum Gasteiger partial charge on any atom is -0.490 e. The molecular formula is C26H29FN2O6. The molecule has 0 radical (unpaired) electrons. The first kappa shape index (κ1) is 24.7. The number of carbonyl (C=O) groups is 2. The molecule has 0 saturated heterocycles. The van der Waals surface area contributed by atoms with Crippen molar-refractivity contribution in [3.8, 4) is 16.9 Å². The summed E-state index contributed by atoms with van der Waals surface area (Å²) in [5, 5.41) is 13.8. The zero-order chi connectivity index (χ0) is 25.7. The number of methoxy groups -OCH3 is 1. The van der Waals surface area contributed by atoms with E-state index in [1.807, 2.05) is 27.7 Å². The van der Waals surface area contributed by atoms with Gasteiger partial charge >= 0.3 is 11.9 Å². The highest BCUT2D eigenvalue weighted by Crippen LogP contribution is 2.43. The second kappa shape index (κ2) is 8.96. The van der Waals surface area contributed by atoms with Gasteiger partial charge in [0.15, 0.2) is 23.4 Å². The van der Waals surface area contributed by atoms with Gasteiger partial charge in [-0.05, 0) is 76.3 Å². The van der Waals surface area contributed by atoms with Gasteiger partial charge in [0.2, 0.25) is 0 Å². The van der Waals surface area contributed by atoms with E-state index in [1.54, 1.807) is 13.1 Å². The number of benzene rings is 1. The number of esters is 1. The lowest BCUT2D eigenvalue weighted by Crippen LogP contribution is -2.29. The Kier molecular flexibility index (Phi) is 6.31. The number of fused-ring (bicyclic) bond motifs is 2. The molecule has 0 fully saturated rings. The Balaban J connectivity index is 2.13. The standard InChI is InChI=1S/C26H29FN2O6/c1-13-12-29-19(11-18(28-29)24(30)31)21(20(13)23(25(32)33-6)35-26(3,4)5)16-10-17(27)22-15(14(16)2)8-7-9-34-22/h10-12,23H,7-9H2,1-6H3,(H,30,31)/t23-/m0/s1. The molecule has 1 aliphatic heterocycles. The van der Waals surface area contributed by atoms with Gasteiger partial charge < -0.3 is 19.3 Å². The Labute approximate surface area is 202 Å². The van der Waals surface area contributed by atoms with E-state index in [-0.39, 0.29) is 11.4 Å². The summed E-state index contributed by atoms with van der Waals surface area (Å²) < 4.78 is 33.6. The van der Waals surface area contributed by atoms with Gasteiger partial charge in [-0.2, -0.15) is 5.10 Å². The normalized spacial score (nSPS) is 14.4. The average Bonchev–Trinajstić information content (AvgIpc) is 3.22. The molecule has 8 nitrogen and oxygen atoms in total. The molecule has 0 bridgehead atoms. The highest BCUT2D eigenvalue weighted by Gasteiger charge is 2.34. The third kappa shape index (κ3) is 4.48. The quantitative estimate of drug-likeness (QED) is 0.519. The fourth-order valence-corrected chi connectivity index (χ4v) is 4.60. The summed E-state index contributed by atoms with van der Waals surface area (Å²) in [7, 11) is 1.28. The topological polar surface area (TPSA) is 99.4 Å². The van der Waals surface area contributed by atoms with Crippen LogP contribution in [0.4, 0.5) is 4.39 Å². The highest BCUT2D eigenvalue weighted by molar-refractivity contribution is 5.94. The molecule has 3 heterocycles. The lowest BCUT2D eigenvalue weighted by Gasteiger charge is -2.30. The number of carboxylic acids is 1. The van der Waals surface area contributed by atoms with Gasteiger partial charge in [0.25, 0.3) is 0 Å². The lowest BCUT2D eigenvalue weighted by molar-refractivity contribution is -0.164. The number of carboxylic acid groups (broad SMARTS) is 1. The molecule has 0 amide bonds. The summed E-state index contributed by atoms with van der Waals surface area (Å²) in [5.74, 6) is -2.10. The Morgan fingerprint density at radius 1 is 1.26 bits per heavy atom. The van der Waals surface area contributed by atoms with Crippen molar-refractivity contribution in [2.45, 2.75) is 59.2 Å². The van der Waals surface area contributed by atoms with E-state index in [9.17, 15) is 14.7 Å². The zero-order valence-electron chi connectivity index (χ0n) is 20.7. The fourth-order valence-electron chi connectivity index (χ4n) is 4.60. The van der Waals surface area contributed by atoms with Crippen molar-refractivity contribution in [3.05, 3.63) is 52.1 Å². The number of ether oxygens (including phenoxy) is 3. The van der Waals surface area contributed by atoms with Crippen LogP contribution in [0.2, 0.25) is 0 Å². The van der Waals surface area contributed by atoms with Gasteiger partial charge in [0.1, 0.15) is 0 Å². The third-order valence-electron chi connectivity index (χ3n) is 6.08. The van der Waals surface area contributed by atoms with Crippen molar-refractivity contribution in [1.82, 2.24) is 9.61 Å². The van der Waals surface area contributed by atoms with Crippen LogP contribution >= 0.6 is 0 Å². The van der Waals surface area contributed by atoms with Crippen molar-refractivity contribution in [3.63, 3.8) is 0 Å². The van der Waals surface area contributed by atoms with Crippen LogP contribution in [-0.2, 0) is 20.7 Å². The van der Waals surface area contributed by atoms with Crippen LogP contribution < -0.4 is 4.74 Å². The minimum atomic E-state index is -1.20. The number of nitrogens with zero attached hydrogens (tertiary/aromatic N) is 2. The van der Waals surface area contributed by atoms with Crippen LogP contribution in [0, 0.1) is 19.7 Å². The predicted molar refractivity (Wildman–Crippen MR) is 126 cm³/mol.